The largest absolute Gasteiger partial charge is 0.480 e. The first kappa shape index (κ1) is 11.1. The quantitative estimate of drug-likeness (QED) is 0.844. The number of carbonyl (C=O) groups is 1. The molecule has 1 aliphatic heterocycles. The first-order valence-electron chi connectivity index (χ1n) is 5.77. The third kappa shape index (κ3) is 1.95. The Balaban J connectivity index is 2.15. The van der Waals surface area contributed by atoms with E-state index in [1.54, 1.807) is 0 Å². The molecule has 1 N–H and O–H groups in total. The van der Waals surface area contributed by atoms with E-state index in [-0.39, 0.29) is 12.1 Å². The molecule has 0 aliphatic carbocycles. The van der Waals surface area contributed by atoms with Gasteiger partial charge in [-0.15, -0.1) is 0 Å². The third-order valence-electron chi connectivity index (χ3n) is 3.32. The highest BCUT2D eigenvalue weighted by molar-refractivity contribution is 5.74. The first-order valence-corrected chi connectivity index (χ1v) is 5.77. The Morgan fingerprint density at radius 2 is 2.19 bits per heavy atom. The summed E-state index contributed by atoms with van der Waals surface area (Å²) in [6, 6.07) is 10.1. The fraction of sp³-hybridized carbons (Fsp3) is 0.462. The van der Waals surface area contributed by atoms with Gasteiger partial charge in [0.1, 0.15) is 6.04 Å². The van der Waals surface area contributed by atoms with Gasteiger partial charge in [0.25, 0.3) is 0 Å². The highest BCUT2D eigenvalue weighted by Gasteiger charge is 2.38. The lowest BCUT2D eigenvalue weighted by molar-refractivity contribution is -0.150. The van der Waals surface area contributed by atoms with Gasteiger partial charge in [-0.3, -0.25) is 9.69 Å². The molecule has 3 nitrogen and oxygen atoms in total. The molecule has 86 valence electrons. The van der Waals surface area contributed by atoms with E-state index in [0.717, 1.165) is 19.4 Å². The molecule has 1 unspecified atom stereocenters. The molecule has 1 aliphatic rings. The number of hydrogen-bond acceptors (Lipinski definition) is 2. The average molecular weight is 219 g/mol. The fourth-order valence-electron chi connectivity index (χ4n) is 2.38. The maximum Gasteiger partial charge on any atom is 0.320 e. The number of benzene rings is 1. The second kappa shape index (κ2) is 4.66. The van der Waals surface area contributed by atoms with Gasteiger partial charge in [0.05, 0.1) is 0 Å². The molecule has 3 heteroatoms. The van der Waals surface area contributed by atoms with Crippen molar-refractivity contribution in [2.75, 3.05) is 6.54 Å². The van der Waals surface area contributed by atoms with Gasteiger partial charge in [-0.05, 0) is 18.4 Å². The number of carboxylic acid groups (broad SMARTS) is 1. The van der Waals surface area contributed by atoms with Crippen molar-refractivity contribution in [3.8, 4) is 0 Å². The van der Waals surface area contributed by atoms with Gasteiger partial charge >= 0.3 is 5.97 Å². The Labute approximate surface area is 95.7 Å². The minimum Gasteiger partial charge on any atom is -0.480 e. The second-order valence-electron chi connectivity index (χ2n) is 4.22. The number of aliphatic carboxylic acids is 1. The summed E-state index contributed by atoms with van der Waals surface area (Å²) in [7, 11) is 0. The molecular formula is C13H17NO2. The molecule has 1 fully saturated rings. The number of likely N-dealkylation sites (tertiary alicyclic amines) is 1. The molecule has 1 aromatic carbocycles. The van der Waals surface area contributed by atoms with E-state index in [0.29, 0.717) is 0 Å². The van der Waals surface area contributed by atoms with Crippen LogP contribution < -0.4 is 0 Å². The molecule has 2 rings (SSSR count). The summed E-state index contributed by atoms with van der Waals surface area (Å²) in [5, 5.41) is 9.05. The Morgan fingerprint density at radius 1 is 1.50 bits per heavy atom. The normalized spacial score (nSPS) is 22.4. The zero-order chi connectivity index (χ0) is 11.5. The van der Waals surface area contributed by atoms with Gasteiger partial charge in [0.2, 0.25) is 0 Å². The van der Waals surface area contributed by atoms with Crippen LogP contribution in [0.15, 0.2) is 30.3 Å². The molecule has 0 amide bonds. The first-order chi connectivity index (χ1) is 7.74. The van der Waals surface area contributed by atoms with Crippen LogP contribution in [0, 0.1) is 0 Å². The Bertz CT molecular complexity index is 363. The topological polar surface area (TPSA) is 40.5 Å². The smallest absolute Gasteiger partial charge is 0.320 e. The van der Waals surface area contributed by atoms with Crippen molar-refractivity contribution >= 4 is 5.97 Å². The lowest BCUT2D eigenvalue weighted by Gasteiger charge is -2.43. The average Bonchev–Trinajstić information content (AvgIpc) is 2.24. The lowest BCUT2D eigenvalue weighted by Crippen LogP contribution is -2.53. The third-order valence-corrected chi connectivity index (χ3v) is 3.32. The van der Waals surface area contributed by atoms with Gasteiger partial charge in [-0.1, -0.05) is 37.3 Å². The molecule has 0 radical (unpaired) electrons. The number of rotatable bonds is 4. The van der Waals surface area contributed by atoms with Crippen LogP contribution >= 0.6 is 0 Å². The van der Waals surface area contributed by atoms with Crippen molar-refractivity contribution in [2.24, 2.45) is 0 Å². The monoisotopic (exact) mass is 219 g/mol. The summed E-state index contributed by atoms with van der Waals surface area (Å²) in [4.78, 5) is 13.1. The molecule has 1 aromatic rings. The zero-order valence-electron chi connectivity index (χ0n) is 9.47. The molecule has 1 saturated heterocycles. The minimum atomic E-state index is -0.694. The van der Waals surface area contributed by atoms with Crippen molar-refractivity contribution in [3.63, 3.8) is 0 Å². The predicted molar refractivity (Wildman–Crippen MR) is 62.2 cm³/mol. The van der Waals surface area contributed by atoms with Gasteiger partial charge in [-0.2, -0.15) is 0 Å². The van der Waals surface area contributed by atoms with Crippen LogP contribution in [0.5, 0.6) is 0 Å². The summed E-state index contributed by atoms with van der Waals surface area (Å²) in [5.41, 5.74) is 1.22. The van der Waals surface area contributed by atoms with Crippen LogP contribution in [0.4, 0.5) is 0 Å². The maximum atomic E-state index is 11.0. The van der Waals surface area contributed by atoms with E-state index >= 15 is 0 Å². The molecule has 2 atom stereocenters. The molecule has 16 heavy (non-hydrogen) atoms. The van der Waals surface area contributed by atoms with Crippen molar-refractivity contribution < 1.29 is 9.90 Å². The summed E-state index contributed by atoms with van der Waals surface area (Å²) in [6.07, 6.45) is 1.73. The Morgan fingerprint density at radius 3 is 2.62 bits per heavy atom. The highest BCUT2D eigenvalue weighted by Crippen LogP contribution is 2.32. The van der Waals surface area contributed by atoms with E-state index in [9.17, 15) is 4.79 Å². The van der Waals surface area contributed by atoms with E-state index in [1.165, 1.54) is 5.56 Å². The molecular weight excluding hydrogens is 202 g/mol. The van der Waals surface area contributed by atoms with E-state index in [4.69, 9.17) is 5.11 Å². The van der Waals surface area contributed by atoms with Crippen LogP contribution in [-0.2, 0) is 4.79 Å². The molecule has 0 bridgehead atoms. The van der Waals surface area contributed by atoms with Crippen LogP contribution in [0.3, 0.4) is 0 Å². The summed E-state index contributed by atoms with van der Waals surface area (Å²) >= 11 is 0. The molecule has 1 heterocycles. The van der Waals surface area contributed by atoms with Crippen LogP contribution in [0.25, 0.3) is 0 Å². The maximum absolute atomic E-state index is 11.0. The highest BCUT2D eigenvalue weighted by atomic mass is 16.4. The van der Waals surface area contributed by atoms with Crippen LogP contribution in [0.1, 0.15) is 31.4 Å². The Kier molecular flexibility index (Phi) is 3.25. The SMILES string of the molecule is CC[C@@H](c1ccccc1)N1CCC1C(=O)O. The van der Waals surface area contributed by atoms with Gasteiger partial charge in [0.15, 0.2) is 0 Å². The standard InChI is InChI=1S/C13H17NO2/c1-2-11(10-6-4-3-5-7-10)14-9-8-12(14)13(15)16/h3-7,11-12H,2,8-9H2,1H3,(H,15,16)/t11-,12?/m0/s1. The van der Waals surface area contributed by atoms with Crippen molar-refractivity contribution in [3.05, 3.63) is 35.9 Å². The second-order valence-corrected chi connectivity index (χ2v) is 4.22. The van der Waals surface area contributed by atoms with Crippen LogP contribution in [-0.4, -0.2) is 28.6 Å². The van der Waals surface area contributed by atoms with Crippen molar-refractivity contribution in [1.29, 1.82) is 0 Å². The molecule has 0 aromatic heterocycles. The van der Waals surface area contributed by atoms with E-state index in [1.807, 2.05) is 18.2 Å². The summed E-state index contributed by atoms with van der Waals surface area (Å²) in [6.45, 7) is 3.00. The Hall–Kier alpha value is -1.35. The minimum absolute atomic E-state index is 0.246. The van der Waals surface area contributed by atoms with Gasteiger partial charge < -0.3 is 5.11 Å². The summed E-state index contributed by atoms with van der Waals surface area (Å²) < 4.78 is 0. The van der Waals surface area contributed by atoms with Crippen LogP contribution in [0.2, 0.25) is 0 Å². The lowest BCUT2D eigenvalue weighted by atomic mass is 9.94. The fourth-order valence-corrected chi connectivity index (χ4v) is 2.38. The number of hydrogen-bond donors (Lipinski definition) is 1. The number of nitrogens with zero attached hydrogens (tertiary/aromatic N) is 1. The van der Waals surface area contributed by atoms with Gasteiger partial charge in [0, 0.05) is 12.6 Å². The van der Waals surface area contributed by atoms with Gasteiger partial charge in [-0.25, -0.2) is 0 Å². The zero-order valence-corrected chi connectivity index (χ0v) is 9.47. The predicted octanol–water partition coefficient (Wildman–Crippen LogP) is 2.30. The van der Waals surface area contributed by atoms with Crippen molar-refractivity contribution in [1.82, 2.24) is 4.90 Å². The van der Waals surface area contributed by atoms with E-state index < -0.39 is 5.97 Å². The van der Waals surface area contributed by atoms with E-state index in [2.05, 4.69) is 24.0 Å². The van der Waals surface area contributed by atoms with Crippen molar-refractivity contribution in [2.45, 2.75) is 31.8 Å². The molecule has 0 spiro atoms. The number of carboxylic acids is 1. The summed E-state index contributed by atoms with van der Waals surface area (Å²) in [5.74, 6) is -0.694. The molecule has 0 saturated carbocycles.